The van der Waals surface area contributed by atoms with Crippen molar-refractivity contribution in [2.45, 2.75) is 26.5 Å². The molecule has 6 nitrogen and oxygen atoms in total. The Kier molecular flexibility index (Phi) is 5.05. The lowest BCUT2D eigenvalue weighted by Gasteiger charge is -2.12. The highest BCUT2D eigenvalue weighted by molar-refractivity contribution is 5.94. The van der Waals surface area contributed by atoms with Gasteiger partial charge in [0.15, 0.2) is 5.69 Å². The van der Waals surface area contributed by atoms with Gasteiger partial charge >= 0.3 is 5.97 Å². The molecule has 0 aliphatic carbocycles. The third-order valence-electron chi connectivity index (χ3n) is 3.08. The molecule has 1 atom stereocenters. The number of carbonyl (C=O) groups is 1. The van der Waals surface area contributed by atoms with E-state index in [-0.39, 0.29) is 11.8 Å². The van der Waals surface area contributed by atoms with Crippen LogP contribution in [0, 0.1) is 0 Å². The van der Waals surface area contributed by atoms with E-state index in [1.165, 1.54) is 0 Å². The van der Waals surface area contributed by atoms with E-state index in [1.807, 2.05) is 37.3 Å². The number of nitrogens with zero attached hydrogens (tertiary/aromatic N) is 3. The third kappa shape index (κ3) is 3.46. The van der Waals surface area contributed by atoms with Gasteiger partial charge in [0.25, 0.3) is 0 Å². The van der Waals surface area contributed by atoms with Crippen LogP contribution in [0.3, 0.4) is 0 Å². The van der Waals surface area contributed by atoms with Gasteiger partial charge in [0, 0.05) is 12.7 Å². The molecule has 0 spiro atoms. The Bertz CT molecular complexity index is 595. The Morgan fingerprint density at radius 3 is 2.67 bits per heavy atom. The average molecular weight is 289 g/mol. The number of rotatable bonds is 6. The molecule has 0 N–H and O–H groups in total. The highest BCUT2D eigenvalue weighted by Gasteiger charge is 2.22. The summed E-state index contributed by atoms with van der Waals surface area (Å²) >= 11 is 0. The fourth-order valence-corrected chi connectivity index (χ4v) is 1.98. The zero-order valence-corrected chi connectivity index (χ0v) is 12.4. The van der Waals surface area contributed by atoms with E-state index in [0.717, 1.165) is 5.56 Å². The van der Waals surface area contributed by atoms with E-state index in [9.17, 15) is 4.79 Å². The summed E-state index contributed by atoms with van der Waals surface area (Å²) in [5.74, 6) is -0.465. The van der Waals surface area contributed by atoms with Crippen molar-refractivity contribution < 1.29 is 14.3 Å². The van der Waals surface area contributed by atoms with Crippen molar-refractivity contribution in [3.05, 3.63) is 36.0 Å². The van der Waals surface area contributed by atoms with Crippen LogP contribution in [0.2, 0.25) is 0 Å². The molecule has 0 fully saturated rings. The predicted molar refractivity (Wildman–Crippen MR) is 77.9 cm³/mol. The van der Waals surface area contributed by atoms with Crippen LogP contribution in [0.4, 0.5) is 0 Å². The lowest BCUT2D eigenvalue weighted by molar-refractivity contribution is 0.0520. The van der Waals surface area contributed by atoms with E-state index >= 15 is 0 Å². The van der Waals surface area contributed by atoms with Crippen LogP contribution in [0.5, 0.6) is 0 Å². The molecule has 0 amide bonds. The largest absolute Gasteiger partial charge is 0.461 e. The summed E-state index contributed by atoms with van der Waals surface area (Å²) in [4.78, 5) is 12.0. The van der Waals surface area contributed by atoms with Crippen molar-refractivity contribution in [2.24, 2.45) is 0 Å². The first-order valence-electron chi connectivity index (χ1n) is 6.86. The first-order valence-corrected chi connectivity index (χ1v) is 6.86. The maximum Gasteiger partial charge on any atom is 0.361 e. The lowest BCUT2D eigenvalue weighted by atomic mass is 10.1. The Balaban J connectivity index is 2.45. The van der Waals surface area contributed by atoms with Crippen LogP contribution in [-0.4, -0.2) is 40.8 Å². The van der Waals surface area contributed by atoms with Crippen LogP contribution in [0.25, 0.3) is 11.3 Å². The van der Waals surface area contributed by atoms with Crippen LogP contribution in [-0.2, 0) is 16.0 Å². The minimum Gasteiger partial charge on any atom is -0.461 e. The standard InChI is InChI=1S/C15H19N3O3/c1-4-21-15(19)13-14(12-8-6-5-7-9-12)18(17-16-13)10-11(2)20-3/h5-9,11H,4,10H2,1-3H3. The van der Waals surface area contributed by atoms with Gasteiger partial charge in [-0.2, -0.15) is 0 Å². The molecule has 1 aromatic carbocycles. The van der Waals surface area contributed by atoms with Crippen LogP contribution in [0.1, 0.15) is 24.3 Å². The first kappa shape index (κ1) is 15.2. The molecule has 0 aliphatic heterocycles. The molecule has 1 unspecified atom stereocenters. The first-order chi connectivity index (χ1) is 10.2. The smallest absolute Gasteiger partial charge is 0.361 e. The second-order valence-electron chi connectivity index (χ2n) is 4.60. The quantitative estimate of drug-likeness (QED) is 0.762. The number of hydrogen-bond acceptors (Lipinski definition) is 5. The van der Waals surface area contributed by atoms with E-state index in [0.29, 0.717) is 18.8 Å². The Labute approximate surface area is 123 Å². The van der Waals surface area contributed by atoms with Gasteiger partial charge in [-0.1, -0.05) is 35.5 Å². The van der Waals surface area contributed by atoms with Crippen molar-refractivity contribution in [1.82, 2.24) is 15.0 Å². The number of hydrogen-bond donors (Lipinski definition) is 0. The molecule has 0 aliphatic rings. The molecule has 2 aromatic rings. The van der Waals surface area contributed by atoms with E-state index < -0.39 is 5.97 Å². The van der Waals surface area contributed by atoms with Crippen molar-refractivity contribution >= 4 is 5.97 Å². The zero-order chi connectivity index (χ0) is 15.2. The summed E-state index contributed by atoms with van der Waals surface area (Å²) in [7, 11) is 1.63. The number of benzene rings is 1. The predicted octanol–water partition coefficient (Wildman–Crippen LogP) is 2.16. The summed E-state index contributed by atoms with van der Waals surface area (Å²) in [5, 5.41) is 8.05. The number of ether oxygens (including phenoxy) is 2. The topological polar surface area (TPSA) is 66.2 Å². The van der Waals surface area contributed by atoms with Gasteiger partial charge in [-0.15, -0.1) is 5.10 Å². The number of carbonyl (C=O) groups excluding carboxylic acids is 1. The van der Waals surface area contributed by atoms with E-state index in [4.69, 9.17) is 9.47 Å². The molecule has 6 heteroatoms. The fourth-order valence-electron chi connectivity index (χ4n) is 1.98. The summed E-state index contributed by atoms with van der Waals surface area (Å²) < 4.78 is 12.0. The Hall–Kier alpha value is -2.21. The summed E-state index contributed by atoms with van der Waals surface area (Å²) in [5.41, 5.74) is 1.75. The van der Waals surface area contributed by atoms with Gasteiger partial charge in [0.1, 0.15) is 5.69 Å². The zero-order valence-electron chi connectivity index (χ0n) is 12.4. The second kappa shape index (κ2) is 6.99. The van der Waals surface area contributed by atoms with E-state index in [1.54, 1.807) is 18.7 Å². The van der Waals surface area contributed by atoms with Crippen LogP contribution >= 0.6 is 0 Å². The van der Waals surface area contributed by atoms with Crippen molar-refractivity contribution in [3.63, 3.8) is 0 Å². The van der Waals surface area contributed by atoms with Crippen molar-refractivity contribution in [3.8, 4) is 11.3 Å². The molecule has 0 bridgehead atoms. The minimum atomic E-state index is -0.465. The van der Waals surface area contributed by atoms with Crippen LogP contribution < -0.4 is 0 Å². The lowest BCUT2D eigenvalue weighted by Crippen LogP contribution is -2.17. The Morgan fingerprint density at radius 2 is 2.05 bits per heavy atom. The average Bonchev–Trinajstić information content (AvgIpc) is 2.92. The summed E-state index contributed by atoms with van der Waals surface area (Å²) in [6.07, 6.45) is -0.0378. The van der Waals surface area contributed by atoms with E-state index in [2.05, 4.69) is 10.3 Å². The van der Waals surface area contributed by atoms with Crippen molar-refractivity contribution in [2.75, 3.05) is 13.7 Å². The fraction of sp³-hybridized carbons (Fsp3) is 0.400. The Morgan fingerprint density at radius 1 is 1.33 bits per heavy atom. The highest BCUT2D eigenvalue weighted by Crippen LogP contribution is 2.23. The summed E-state index contributed by atoms with van der Waals surface area (Å²) in [6, 6.07) is 9.55. The number of esters is 1. The van der Waals surface area contributed by atoms with Gasteiger partial charge < -0.3 is 9.47 Å². The molecule has 1 aromatic heterocycles. The molecular weight excluding hydrogens is 270 g/mol. The molecule has 112 valence electrons. The molecule has 0 saturated heterocycles. The molecular formula is C15H19N3O3. The normalized spacial score (nSPS) is 12.1. The third-order valence-corrected chi connectivity index (χ3v) is 3.08. The molecule has 2 rings (SSSR count). The maximum atomic E-state index is 12.0. The second-order valence-corrected chi connectivity index (χ2v) is 4.60. The summed E-state index contributed by atoms with van der Waals surface area (Å²) in [6.45, 7) is 4.50. The molecule has 0 saturated carbocycles. The van der Waals surface area contributed by atoms with Gasteiger partial charge in [-0.25, -0.2) is 9.48 Å². The van der Waals surface area contributed by atoms with Gasteiger partial charge in [0.05, 0.1) is 19.3 Å². The number of methoxy groups -OCH3 is 1. The monoisotopic (exact) mass is 289 g/mol. The molecule has 1 heterocycles. The van der Waals surface area contributed by atoms with Gasteiger partial charge in [-0.05, 0) is 13.8 Å². The van der Waals surface area contributed by atoms with Crippen LogP contribution in [0.15, 0.2) is 30.3 Å². The van der Waals surface area contributed by atoms with Gasteiger partial charge in [0.2, 0.25) is 0 Å². The highest BCUT2D eigenvalue weighted by atomic mass is 16.5. The van der Waals surface area contributed by atoms with Gasteiger partial charge in [-0.3, -0.25) is 0 Å². The minimum absolute atomic E-state index is 0.0378. The van der Waals surface area contributed by atoms with Crippen molar-refractivity contribution in [1.29, 1.82) is 0 Å². The molecule has 0 radical (unpaired) electrons. The maximum absolute atomic E-state index is 12.0. The molecule has 21 heavy (non-hydrogen) atoms. The SMILES string of the molecule is CCOC(=O)c1nnn(CC(C)OC)c1-c1ccccc1. The number of aromatic nitrogens is 3.